The molecule has 0 rings (SSSR count). The van der Waals surface area contributed by atoms with Gasteiger partial charge in [-0.25, -0.2) is 4.79 Å². The van der Waals surface area contributed by atoms with Crippen molar-refractivity contribution in [1.82, 2.24) is 10.2 Å². The molecule has 0 aromatic carbocycles. The van der Waals surface area contributed by atoms with Gasteiger partial charge in [0, 0.05) is 19.1 Å². The van der Waals surface area contributed by atoms with Crippen LogP contribution in [-0.4, -0.2) is 54.2 Å². The highest BCUT2D eigenvalue weighted by atomic mass is 16.5. The Balaban J connectivity index is 4.14. The fourth-order valence-corrected chi connectivity index (χ4v) is 1.29. The van der Waals surface area contributed by atoms with E-state index in [0.29, 0.717) is 0 Å². The summed E-state index contributed by atoms with van der Waals surface area (Å²) in [5, 5.41) is 11.1. The largest absolute Gasteiger partial charge is 0.481 e. The van der Waals surface area contributed by atoms with Crippen LogP contribution < -0.4 is 5.32 Å². The number of hydrogen-bond acceptors (Lipinski definition) is 4. The smallest absolute Gasteiger partial charge is 0.317 e. The highest BCUT2D eigenvalue weighted by molar-refractivity contribution is 5.76. The van der Waals surface area contributed by atoms with Crippen LogP contribution in [0.2, 0.25) is 0 Å². The maximum absolute atomic E-state index is 11.7. The molecule has 0 aliphatic rings. The zero-order valence-electron chi connectivity index (χ0n) is 10.9. The Morgan fingerprint density at radius 2 is 1.89 bits per heavy atom. The Bertz CT molecular complexity index is 304. The average Bonchev–Trinajstić information content (AvgIpc) is 2.28. The molecule has 0 saturated carbocycles. The number of aliphatic carboxylic acids is 1. The molecule has 0 unspecified atom stereocenters. The molecular weight excluding hydrogens is 240 g/mol. The number of hydrogen-bond donors (Lipinski definition) is 2. The van der Waals surface area contributed by atoms with Gasteiger partial charge in [0.25, 0.3) is 0 Å². The molecule has 0 radical (unpaired) electrons. The topological polar surface area (TPSA) is 95.9 Å². The molecule has 0 aromatic heterocycles. The molecule has 104 valence electrons. The lowest BCUT2D eigenvalue weighted by molar-refractivity contribution is -0.140. The first kappa shape index (κ1) is 16.2. The zero-order valence-corrected chi connectivity index (χ0v) is 10.9. The van der Waals surface area contributed by atoms with E-state index in [1.807, 2.05) is 0 Å². The minimum atomic E-state index is -0.956. The number of urea groups is 1. The Hall–Kier alpha value is -1.79. The van der Waals surface area contributed by atoms with Crippen LogP contribution in [0.4, 0.5) is 4.79 Å². The normalized spacial score (nSPS) is 10.0. The Morgan fingerprint density at radius 1 is 1.28 bits per heavy atom. The molecule has 7 heteroatoms. The number of carboxylic acid groups (broad SMARTS) is 1. The molecule has 0 atom stereocenters. The molecule has 2 amide bonds. The number of amides is 2. The van der Waals surface area contributed by atoms with Gasteiger partial charge in [-0.2, -0.15) is 0 Å². The standard InChI is InChI=1S/C11H20N2O5/c1-8(2)13(7-5-9(14)15)11(17)12-6-4-10(16)18-3/h8H,4-7H2,1-3H3,(H,12,17)(H,14,15). The highest BCUT2D eigenvalue weighted by Crippen LogP contribution is 2.00. The van der Waals surface area contributed by atoms with Crippen molar-refractivity contribution in [3.05, 3.63) is 0 Å². The second-order valence-electron chi connectivity index (χ2n) is 3.99. The first-order valence-corrected chi connectivity index (χ1v) is 5.71. The number of rotatable bonds is 7. The maximum atomic E-state index is 11.7. The molecule has 0 saturated heterocycles. The number of nitrogens with one attached hydrogen (secondary N) is 1. The quantitative estimate of drug-likeness (QED) is 0.648. The molecule has 0 heterocycles. The third kappa shape index (κ3) is 6.72. The fourth-order valence-electron chi connectivity index (χ4n) is 1.29. The van der Waals surface area contributed by atoms with E-state index in [2.05, 4.69) is 10.1 Å². The van der Waals surface area contributed by atoms with Crippen LogP contribution in [0, 0.1) is 0 Å². The summed E-state index contributed by atoms with van der Waals surface area (Å²) in [5.41, 5.74) is 0. The van der Waals surface area contributed by atoms with Crippen LogP contribution in [-0.2, 0) is 14.3 Å². The van der Waals surface area contributed by atoms with Crippen molar-refractivity contribution in [1.29, 1.82) is 0 Å². The van der Waals surface area contributed by atoms with E-state index in [-0.39, 0.29) is 38.0 Å². The van der Waals surface area contributed by atoms with Crippen LogP contribution in [0.5, 0.6) is 0 Å². The van der Waals surface area contributed by atoms with E-state index >= 15 is 0 Å². The van der Waals surface area contributed by atoms with Gasteiger partial charge >= 0.3 is 18.0 Å². The van der Waals surface area contributed by atoms with E-state index in [9.17, 15) is 14.4 Å². The summed E-state index contributed by atoms with van der Waals surface area (Å²) >= 11 is 0. The minimum Gasteiger partial charge on any atom is -0.481 e. The average molecular weight is 260 g/mol. The van der Waals surface area contributed by atoms with Crippen molar-refractivity contribution >= 4 is 18.0 Å². The lowest BCUT2D eigenvalue weighted by atomic mass is 10.3. The monoisotopic (exact) mass is 260 g/mol. The number of carbonyl (C=O) groups is 3. The van der Waals surface area contributed by atoms with Gasteiger partial charge in [-0.1, -0.05) is 0 Å². The molecule has 7 nitrogen and oxygen atoms in total. The van der Waals surface area contributed by atoms with E-state index in [4.69, 9.17) is 5.11 Å². The van der Waals surface area contributed by atoms with Gasteiger partial charge in [0.05, 0.1) is 20.0 Å². The number of carbonyl (C=O) groups excluding carboxylic acids is 2. The summed E-state index contributed by atoms with van der Waals surface area (Å²) in [6, 6.07) is -0.488. The van der Waals surface area contributed by atoms with Gasteiger partial charge in [0.15, 0.2) is 0 Å². The predicted octanol–water partition coefficient (Wildman–Crippen LogP) is 0.444. The second-order valence-corrected chi connectivity index (χ2v) is 3.99. The lowest BCUT2D eigenvalue weighted by Crippen LogP contribution is -2.45. The molecule has 0 fully saturated rings. The lowest BCUT2D eigenvalue weighted by Gasteiger charge is -2.26. The van der Waals surface area contributed by atoms with E-state index < -0.39 is 11.9 Å². The molecule has 0 aliphatic carbocycles. The van der Waals surface area contributed by atoms with E-state index in [1.165, 1.54) is 12.0 Å². The van der Waals surface area contributed by atoms with E-state index in [1.54, 1.807) is 13.8 Å². The summed E-state index contributed by atoms with van der Waals surface area (Å²) < 4.78 is 4.44. The Kier molecular flexibility index (Phi) is 7.50. The number of carboxylic acids is 1. The second kappa shape index (κ2) is 8.32. The highest BCUT2D eigenvalue weighted by Gasteiger charge is 2.17. The maximum Gasteiger partial charge on any atom is 0.317 e. The Morgan fingerprint density at radius 3 is 2.33 bits per heavy atom. The molecule has 0 aliphatic heterocycles. The number of nitrogens with zero attached hydrogens (tertiary/aromatic N) is 1. The van der Waals surface area contributed by atoms with Gasteiger partial charge in [0.2, 0.25) is 0 Å². The first-order chi connectivity index (χ1) is 8.38. The van der Waals surface area contributed by atoms with E-state index in [0.717, 1.165) is 0 Å². The van der Waals surface area contributed by atoms with Crippen molar-refractivity contribution in [2.75, 3.05) is 20.2 Å². The van der Waals surface area contributed by atoms with Crippen LogP contribution in [0.25, 0.3) is 0 Å². The first-order valence-electron chi connectivity index (χ1n) is 5.71. The SMILES string of the molecule is COC(=O)CCNC(=O)N(CCC(=O)O)C(C)C. The fraction of sp³-hybridized carbons (Fsp3) is 0.727. The van der Waals surface area contributed by atoms with Crippen LogP contribution in [0.3, 0.4) is 0 Å². The third-order valence-corrected chi connectivity index (χ3v) is 2.28. The predicted molar refractivity (Wildman–Crippen MR) is 64.1 cm³/mol. The van der Waals surface area contributed by atoms with Crippen molar-refractivity contribution in [3.8, 4) is 0 Å². The van der Waals surface area contributed by atoms with Gasteiger partial charge < -0.3 is 20.1 Å². The van der Waals surface area contributed by atoms with Gasteiger partial charge in [0.1, 0.15) is 0 Å². The summed E-state index contributed by atoms with van der Waals surface area (Å²) in [4.78, 5) is 34.5. The summed E-state index contributed by atoms with van der Waals surface area (Å²) in [5.74, 6) is -1.36. The summed E-state index contributed by atoms with van der Waals surface area (Å²) in [6.45, 7) is 3.89. The number of esters is 1. The summed E-state index contributed by atoms with van der Waals surface area (Å²) in [7, 11) is 1.28. The van der Waals surface area contributed by atoms with Crippen molar-refractivity contribution < 1.29 is 24.2 Å². The molecule has 0 spiro atoms. The third-order valence-electron chi connectivity index (χ3n) is 2.28. The number of methoxy groups -OCH3 is 1. The molecule has 18 heavy (non-hydrogen) atoms. The van der Waals surface area contributed by atoms with Gasteiger partial charge in [-0.15, -0.1) is 0 Å². The number of ether oxygens (including phenoxy) is 1. The molecule has 2 N–H and O–H groups in total. The van der Waals surface area contributed by atoms with Crippen LogP contribution in [0.15, 0.2) is 0 Å². The Labute approximate surface area is 106 Å². The molecular formula is C11H20N2O5. The molecule has 0 aromatic rings. The minimum absolute atomic E-state index is 0.0904. The van der Waals surface area contributed by atoms with Gasteiger partial charge in [-0.05, 0) is 13.8 Å². The summed E-state index contributed by atoms with van der Waals surface area (Å²) in [6.07, 6.45) is -0.0181. The zero-order chi connectivity index (χ0) is 14.1. The van der Waals surface area contributed by atoms with Crippen molar-refractivity contribution in [2.45, 2.75) is 32.7 Å². The van der Waals surface area contributed by atoms with Gasteiger partial charge in [-0.3, -0.25) is 9.59 Å². The molecule has 0 bridgehead atoms. The van der Waals surface area contributed by atoms with Crippen molar-refractivity contribution in [2.24, 2.45) is 0 Å². The van der Waals surface area contributed by atoms with Crippen LogP contribution >= 0.6 is 0 Å². The van der Waals surface area contributed by atoms with Crippen LogP contribution in [0.1, 0.15) is 26.7 Å². The van der Waals surface area contributed by atoms with Crippen molar-refractivity contribution in [3.63, 3.8) is 0 Å².